The van der Waals surface area contributed by atoms with Crippen LogP contribution < -0.4 is 0 Å². The quantitative estimate of drug-likeness (QED) is 0.411. The molecule has 5 N–H and O–H groups in total. The van der Waals surface area contributed by atoms with Crippen molar-refractivity contribution in [3.63, 3.8) is 0 Å². The fraction of sp³-hybridized carbons (Fsp3) is 0.533. The van der Waals surface area contributed by atoms with Crippen molar-refractivity contribution in [1.29, 1.82) is 0 Å². The van der Waals surface area contributed by atoms with Crippen molar-refractivity contribution in [3.8, 4) is 0 Å². The van der Waals surface area contributed by atoms with E-state index in [-0.39, 0.29) is 6.42 Å². The van der Waals surface area contributed by atoms with Gasteiger partial charge in [0.05, 0.1) is 6.61 Å². The van der Waals surface area contributed by atoms with Crippen LogP contribution in [-0.2, 0) is 17.6 Å². The fourth-order valence-electron chi connectivity index (χ4n) is 1.91. The largest absolute Gasteiger partial charge is 0.394 e. The Labute approximate surface area is 123 Å². The number of carbonyl (C=O) groups excluding carboxylic acids is 1. The first-order valence-electron chi connectivity index (χ1n) is 6.84. The number of Topliss-reactive ketones (excluding diaryl/α,β-unsaturated/α-hetero) is 1. The molecule has 6 heteroatoms. The van der Waals surface area contributed by atoms with Crippen LogP contribution in [0.5, 0.6) is 0 Å². The molecule has 1 aromatic rings. The van der Waals surface area contributed by atoms with E-state index in [2.05, 4.69) is 0 Å². The topological polar surface area (TPSA) is 118 Å². The van der Waals surface area contributed by atoms with Crippen molar-refractivity contribution in [2.75, 3.05) is 6.61 Å². The maximum absolute atomic E-state index is 11.9. The third-order valence-corrected chi connectivity index (χ3v) is 3.39. The van der Waals surface area contributed by atoms with Gasteiger partial charge in [-0.25, -0.2) is 0 Å². The van der Waals surface area contributed by atoms with Crippen LogP contribution in [0.2, 0.25) is 0 Å². The van der Waals surface area contributed by atoms with E-state index in [4.69, 9.17) is 5.11 Å². The Morgan fingerprint density at radius 3 is 2.00 bits per heavy atom. The number of benzene rings is 1. The van der Waals surface area contributed by atoms with Crippen LogP contribution in [0, 0.1) is 0 Å². The monoisotopic (exact) mass is 298 g/mol. The van der Waals surface area contributed by atoms with E-state index in [0.717, 1.165) is 12.0 Å². The molecule has 0 radical (unpaired) electrons. The number of rotatable bonds is 8. The lowest BCUT2D eigenvalue weighted by Gasteiger charge is -2.24. The van der Waals surface area contributed by atoms with Gasteiger partial charge in [-0.15, -0.1) is 0 Å². The zero-order chi connectivity index (χ0) is 16.0. The Morgan fingerprint density at radius 1 is 1.00 bits per heavy atom. The lowest BCUT2D eigenvalue weighted by molar-refractivity contribution is -0.146. The Hall–Kier alpha value is -1.31. The van der Waals surface area contributed by atoms with Crippen LogP contribution in [0.15, 0.2) is 24.3 Å². The number of hydrogen-bond acceptors (Lipinski definition) is 6. The summed E-state index contributed by atoms with van der Waals surface area (Å²) in [6, 6.07) is 7.26. The highest BCUT2D eigenvalue weighted by Gasteiger charge is 2.33. The zero-order valence-electron chi connectivity index (χ0n) is 11.9. The predicted molar refractivity (Wildman–Crippen MR) is 75.6 cm³/mol. The number of aliphatic hydroxyl groups excluding tert-OH is 5. The number of ketones is 1. The van der Waals surface area contributed by atoms with Crippen molar-refractivity contribution < 1.29 is 30.3 Å². The molecule has 21 heavy (non-hydrogen) atoms. The molecule has 0 aliphatic carbocycles. The van der Waals surface area contributed by atoms with Gasteiger partial charge in [0.1, 0.15) is 24.4 Å². The van der Waals surface area contributed by atoms with Crippen molar-refractivity contribution >= 4 is 5.78 Å². The molecule has 118 valence electrons. The normalized spacial score (nSPS) is 17.0. The van der Waals surface area contributed by atoms with Crippen LogP contribution >= 0.6 is 0 Å². The van der Waals surface area contributed by atoms with E-state index in [1.165, 1.54) is 0 Å². The molecular weight excluding hydrogens is 276 g/mol. The van der Waals surface area contributed by atoms with Crippen LogP contribution in [0.25, 0.3) is 0 Å². The van der Waals surface area contributed by atoms with Gasteiger partial charge < -0.3 is 25.5 Å². The Balaban J connectivity index is 2.64. The molecule has 4 atom stereocenters. The molecule has 1 rings (SSSR count). The molecule has 6 nitrogen and oxygen atoms in total. The Morgan fingerprint density at radius 2 is 1.52 bits per heavy atom. The van der Waals surface area contributed by atoms with Gasteiger partial charge in [0.15, 0.2) is 5.78 Å². The third-order valence-electron chi connectivity index (χ3n) is 3.39. The van der Waals surface area contributed by atoms with Crippen LogP contribution in [-0.4, -0.2) is 62.3 Å². The minimum atomic E-state index is -1.85. The van der Waals surface area contributed by atoms with Gasteiger partial charge in [0.25, 0.3) is 0 Å². The van der Waals surface area contributed by atoms with E-state index in [0.29, 0.717) is 5.56 Å². The number of aryl methyl sites for hydroxylation is 1. The first kappa shape index (κ1) is 17.7. The fourth-order valence-corrected chi connectivity index (χ4v) is 1.91. The van der Waals surface area contributed by atoms with Crippen molar-refractivity contribution in [1.82, 2.24) is 0 Å². The standard InChI is InChI=1S/C15H22O6/c1-2-9-3-5-10(6-4-9)7-11(17)13(19)15(21)14(20)12(18)8-16/h3-6,12-16,18-21H,2,7-8H2,1H3/t12-,13+,14-,15-/m1/s1. The van der Waals surface area contributed by atoms with E-state index in [1.807, 2.05) is 19.1 Å². The molecule has 0 bridgehead atoms. The van der Waals surface area contributed by atoms with Gasteiger partial charge in [-0.05, 0) is 17.5 Å². The average molecular weight is 298 g/mol. The second kappa shape index (κ2) is 8.21. The molecule has 0 unspecified atom stereocenters. The molecule has 0 heterocycles. The molecule has 0 aromatic heterocycles. The summed E-state index contributed by atoms with van der Waals surface area (Å²) in [6.45, 7) is 1.23. The first-order chi connectivity index (χ1) is 9.90. The van der Waals surface area contributed by atoms with Gasteiger partial charge in [-0.2, -0.15) is 0 Å². The third kappa shape index (κ3) is 4.87. The van der Waals surface area contributed by atoms with Crippen molar-refractivity contribution in [2.45, 2.75) is 44.2 Å². The summed E-state index contributed by atoms with van der Waals surface area (Å²) < 4.78 is 0. The molecular formula is C15H22O6. The summed E-state index contributed by atoms with van der Waals surface area (Å²) >= 11 is 0. The molecule has 1 aromatic carbocycles. The molecule has 0 saturated carbocycles. The summed E-state index contributed by atoms with van der Waals surface area (Å²) in [5.74, 6) is -0.670. The summed E-state index contributed by atoms with van der Waals surface area (Å²) in [7, 11) is 0. The summed E-state index contributed by atoms with van der Waals surface area (Å²) in [5, 5.41) is 46.7. The highest BCUT2D eigenvalue weighted by atomic mass is 16.4. The SMILES string of the molecule is CCc1ccc(CC(=O)[C@H](O)[C@@H](O)[C@H](O)[C@H](O)CO)cc1. The lowest BCUT2D eigenvalue weighted by atomic mass is 9.96. The van der Waals surface area contributed by atoms with Gasteiger partial charge in [-0.3, -0.25) is 4.79 Å². The van der Waals surface area contributed by atoms with Crippen LogP contribution in [0.3, 0.4) is 0 Å². The molecule has 0 amide bonds. The van der Waals surface area contributed by atoms with Crippen LogP contribution in [0.1, 0.15) is 18.1 Å². The Kier molecular flexibility index (Phi) is 6.94. The highest BCUT2D eigenvalue weighted by molar-refractivity contribution is 5.85. The smallest absolute Gasteiger partial charge is 0.168 e. The Bertz CT molecular complexity index is 444. The molecule has 0 saturated heterocycles. The highest BCUT2D eigenvalue weighted by Crippen LogP contribution is 2.11. The average Bonchev–Trinajstić information content (AvgIpc) is 2.52. The summed E-state index contributed by atoms with van der Waals surface area (Å²) in [4.78, 5) is 11.9. The van der Waals surface area contributed by atoms with Crippen LogP contribution in [0.4, 0.5) is 0 Å². The number of carbonyl (C=O) groups is 1. The number of aliphatic hydroxyl groups is 5. The minimum Gasteiger partial charge on any atom is -0.394 e. The molecule has 0 fully saturated rings. The second-order valence-corrected chi connectivity index (χ2v) is 4.99. The van der Waals surface area contributed by atoms with Gasteiger partial charge >= 0.3 is 0 Å². The van der Waals surface area contributed by atoms with E-state index >= 15 is 0 Å². The lowest BCUT2D eigenvalue weighted by Crippen LogP contribution is -2.49. The zero-order valence-corrected chi connectivity index (χ0v) is 11.9. The number of hydrogen-bond donors (Lipinski definition) is 5. The predicted octanol–water partition coefficient (Wildman–Crippen LogP) is -1.20. The maximum atomic E-state index is 11.9. The van der Waals surface area contributed by atoms with Gasteiger partial charge in [0.2, 0.25) is 0 Å². The van der Waals surface area contributed by atoms with Gasteiger partial charge in [-0.1, -0.05) is 31.2 Å². The molecule has 0 aliphatic rings. The van der Waals surface area contributed by atoms with Crippen molar-refractivity contribution in [3.05, 3.63) is 35.4 Å². The van der Waals surface area contributed by atoms with E-state index in [9.17, 15) is 25.2 Å². The second-order valence-electron chi connectivity index (χ2n) is 4.99. The van der Waals surface area contributed by atoms with Gasteiger partial charge in [0, 0.05) is 6.42 Å². The summed E-state index contributed by atoms with van der Waals surface area (Å²) in [5.41, 5.74) is 1.80. The maximum Gasteiger partial charge on any atom is 0.168 e. The molecule has 0 aliphatic heterocycles. The first-order valence-corrected chi connectivity index (χ1v) is 6.84. The van der Waals surface area contributed by atoms with Crippen molar-refractivity contribution in [2.24, 2.45) is 0 Å². The minimum absolute atomic E-state index is 0.0931. The van der Waals surface area contributed by atoms with E-state index in [1.54, 1.807) is 12.1 Å². The van der Waals surface area contributed by atoms with E-state index < -0.39 is 36.8 Å². The summed E-state index contributed by atoms with van der Waals surface area (Å²) in [6.07, 6.45) is -6.31. The molecule has 0 spiro atoms.